The van der Waals surface area contributed by atoms with E-state index >= 15 is 0 Å². The van der Waals surface area contributed by atoms with Gasteiger partial charge < -0.3 is 10.6 Å². The van der Waals surface area contributed by atoms with E-state index in [0.717, 1.165) is 38.3 Å². The lowest BCUT2D eigenvalue weighted by Crippen LogP contribution is -2.54. The van der Waals surface area contributed by atoms with Crippen molar-refractivity contribution in [3.63, 3.8) is 0 Å². The van der Waals surface area contributed by atoms with Crippen molar-refractivity contribution in [3.05, 3.63) is 35.4 Å². The zero-order valence-electron chi connectivity index (χ0n) is 12.7. The molecule has 1 aromatic carbocycles. The van der Waals surface area contributed by atoms with Gasteiger partial charge in [0, 0.05) is 43.8 Å². The molecule has 20 heavy (non-hydrogen) atoms. The van der Waals surface area contributed by atoms with E-state index in [9.17, 15) is 4.79 Å². The van der Waals surface area contributed by atoms with Crippen LogP contribution in [-0.4, -0.2) is 54.0 Å². The summed E-state index contributed by atoms with van der Waals surface area (Å²) in [5, 5.41) is 0. The number of piperazine rings is 1. The van der Waals surface area contributed by atoms with Gasteiger partial charge in [-0.2, -0.15) is 0 Å². The SMILES string of the molecule is Cc1ccc(C(=O)N2CCN(CC(C)(C)N)CC2)cc1. The van der Waals surface area contributed by atoms with Crippen molar-refractivity contribution in [2.75, 3.05) is 32.7 Å². The highest BCUT2D eigenvalue weighted by Crippen LogP contribution is 2.11. The lowest BCUT2D eigenvalue weighted by atomic mass is 10.1. The number of amides is 1. The zero-order chi connectivity index (χ0) is 14.8. The molecular formula is C16H25N3O. The molecule has 2 N–H and O–H groups in total. The number of hydrogen-bond acceptors (Lipinski definition) is 3. The summed E-state index contributed by atoms with van der Waals surface area (Å²) in [4.78, 5) is 16.7. The third kappa shape index (κ3) is 4.05. The van der Waals surface area contributed by atoms with Gasteiger partial charge in [-0.3, -0.25) is 9.69 Å². The molecule has 4 heteroatoms. The van der Waals surface area contributed by atoms with E-state index in [4.69, 9.17) is 5.73 Å². The number of aryl methyl sites for hydroxylation is 1. The van der Waals surface area contributed by atoms with Crippen LogP contribution in [0.5, 0.6) is 0 Å². The highest BCUT2D eigenvalue weighted by molar-refractivity contribution is 5.94. The molecule has 0 aliphatic carbocycles. The van der Waals surface area contributed by atoms with Crippen LogP contribution < -0.4 is 5.73 Å². The summed E-state index contributed by atoms with van der Waals surface area (Å²) in [6.45, 7) is 10.3. The van der Waals surface area contributed by atoms with Gasteiger partial charge in [-0.15, -0.1) is 0 Å². The number of carbonyl (C=O) groups excluding carboxylic acids is 1. The molecule has 2 rings (SSSR count). The number of nitrogens with zero attached hydrogens (tertiary/aromatic N) is 2. The van der Waals surface area contributed by atoms with Crippen molar-refractivity contribution >= 4 is 5.91 Å². The Morgan fingerprint density at radius 2 is 1.70 bits per heavy atom. The molecule has 0 atom stereocenters. The quantitative estimate of drug-likeness (QED) is 0.909. The molecule has 0 saturated carbocycles. The Labute approximate surface area is 121 Å². The molecule has 0 aromatic heterocycles. The van der Waals surface area contributed by atoms with Gasteiger partial charge in [-0.05, 0) is 32.9 Å². The minimum atomic E-state index is -0.177. The maximum atomic E-state index is 12.4. The second-order valence-electron chi connectivity index (χ2n) is 6.42. The van der Waals surface area contributed by atoms with Gasteiger partial charge in [-0.25, -0.2) is 0 Å². The maximum absolute atomic E-state index is 12.4. The molecule has 0 radical (unpaired) electrons. The Morgan fingerprint density at radius 1 is 1.15 bits per heavy atom. The summed E-state index contributed by atoms with van der Waals surface area (Å²) in [6.07, 6.45) is 0. The first-order valence-electron chi connectivity index (χ1n) is 7.22. The third-order valence-electron chi connectivity index (χ3n) is 3.59. The van der Waals surface area contributed by atoms with Gasteiger partial charge in [-0.1, -0.05) is 17.7 Å². The van der Waals surface area contributed by atoms with Crippen LogP contribution in [0.2, 0.25) is 0 Å². The van der Waals surface area contributed by atoms with E-state index < -0.39 is 0 Å². The van der Waals surface area contributed by atoms with Crippen LogP contribution in [0, 0.1) is 6.92 Å². The highest BCUT2D eigenvalue weighted by atomic mass is 16.2. The average Bonchev–Trinajstić information content (AvgIpc) is 2.38. The molecule has 1 aliphatic rings. The van der Waals surface area contributed by atoms with E-state index in [-0.39, 0.29) is 11.4 Å². The fraction of sp³-hybridized carbons (Fsp3) is 0.562. The summed E-state index contributed by atoms with van der Waals surface area (Å²) >= 11 is 0. The van der Waals surface area contributed by atoms with E-state index in [0.29, 0.717) is 0 Å². The number of benzene rings is 1. The largest absolute Gasteiger partial charge is 0.336 e. The average molecular weight is 275 g/mol. The summed E-state index contributed by atoms with van der Waals surface area (Å²) in [7, 11) is 0. The van der Waals surface area contributed by atoms with E-state index in [1.807, 2.05) is 49.9 Å². The van der Waals surface area contributed by atoms with Gasteiger partial charge in [0.25, 0.3) is 5.91 Å². The van der Waals surface area contributed by atoms with Crippen molar-refractivity contribution in [1.82, 2.24) is 9.80 Å². The van der Waals surface area contributed by atoms with E-state index in [1.54, 1.807) is 0 Å². The van der Waals surface area contributed by atoms with E-state index in [2.05, 4.69) is 4.90 Å². The molecule has 1 saturated heterocycles. The Bertz CT molecular complexity index is 454. The van der Waals surface area contributed by atoms with Gasteiger partial charge in [0.05, 0.1) is 0 Å². The molecule has 0 bridgehead atoms. The highest BCUT2D eigenvalue weighted by Gasteiger charge is 2.24. The second kappa shape index (κ2) is 5.94. The standard InChI is InChI=1S/C16H25N3O/c1-13-4-6-14(7-5-13)15(20)19-10-8-18(9-11-19)12-16(2,3)17/h4-7H,8-12,17H2,1-3H3. The van der Waals surface area contributed by atoms with Crippen LogP contribution in [0.25, 0.3) is 0 Å². The molecule has 4 nitrogen and oxygen atoms in total. The third-order valence-corrected chi connectivity index (χ3v) is 3.59. The molecule has 1 aromatic rings. The molecular weight excluding hydrogens is 250 g/mol. The van der Waals surface area contributed by atoms with Crippen molar-refractivity contribution in [3.8, 4) is 0 Å². The molecule has 110 valence electrons. The zero-order valence-corrected chi connectivity index (χ0v) is 12.7. The van der Waals surface area contributed by atoms with E-state index in [1.165, 1.54) is 5.56 Å². The van der Waals surface area contributed by atoms with Gasteiger partial charge >= 0.3 is 0 Å². The van der Waals surface area contributed by atoms with Crippen molar-refractivity contribution in [2.45, 2.75) is 26.3 Å². The predicted molar refractivity (Wildman–Crippen MR) is 81.8 cm³/mol. The number of carbonyl (C=O) groups is 1. The normalized spacial score (nSPS) is 17.3. The topological polar surface area (TPSA) is 49.6 Å². The predicted octanol–water partition coefficient (Wildman–Crippen LogP) is 1.49. The Morgan fingerprint density at radius 3 is 2.20 bits per heavy atom. The summed E-state index contributed by atoms with van der Waals surface area (Å²) in [6, 6.07) is 7.79. The fourth-order valence-electron chi connectivity index (χ4n) is 2.56. The van der Waals surface area contributed by atoms with Crippen LogP contribution in [-0.2, 0) is 0 Å². The van der Waals surface area contributed by atoms with Crippen LogP contribution in [0.1, 0.15) is 29.8 Å². The van der Waals surface area contributed by atoms with Gasteiger partial charge in [0.2, 0.25) is 0 Å². The van der Waals surface area contributed by atoms with Crippen LogP contribution in [0.3, 0.4) is 0 Å². The lowest BCUT2D eigenvalue weighted by Gasteiger charge is -2.37. The Balaban J connectivity index is 1.90. The van der Waals surface area contributed by atoms with Crippen LogP contribution in [0.4, 0.5) is 0 Å². The van der Waals surface area contributed by atoms with Crippen LogP contribution in [0.15, 0.2) is 24.3 Å². The summed E-state index contributed by atoms with van der Waals surface area (Å²) in [5.41, 5.74) is 7.82. The van der Waals surface area contributed by atoms with Crippen molar-refractivity contribution in [2.24, 2.45) is 5.73 Å². The number of hydrogen-bond donors (Lipinski definition) is 1. The van der Waals surface area contributed by atoms with Crippen molar-refractivity contribution < 1.29 is 4.79 Å². The maximum Gasteiger partial charge on any atom is 0.253 e. The first-order chi connectivity index (χ1) is 9.35. The molecule has 1 amide bonds. The Kier molecular flexibility index (Phi) is 4.45. The van der Waals surface area contributed by atoms with Gasteiger partial charge in [0.15, 0.2) is 0 Å². The number of rotatable bonds is 3. The minimum absolute atomic E-state index is 0.136. The fourth-order valence-corrected chi connectivity index (χ4v) is 2.56. The Hall–Kier alpha value is -1.39. The van der Waals surface area contributed by atoms with Crippen LogP contribution >= 0.6 is 0 Å². The lowest BCUT2D eigenvalue weighted by molar-refractivity contribution is 0.0616. The first kappa shape index (κ1) is 15.0. The molecule has 0 spiro atoms. The summed E-state index contributed by atoms with van der Waals surface area (Å²) in [5.74, 6) is 0.136. The van der Waals surface area contributed by atoms with Gasteiger partial charge in [0.1, 0.15) is 0 Å². The molecule has 0 unspecified atom stereocenters. The minimum Gasteiger partial charge on any atom is -0.336 e. The summed E-state index contributed by atoms with van der Waals surface area (Å²) < 4.78 is 0. The second-order valence-corrected chi connectivity index (χ2v) is 6.42. The van der Waals surface area contributed by atoms with Crippen molar-refractivity contribution in [1.29, 1.82) is 0 Å². The monoisotopic (exact) mass is 275 g/mol. The first-order valence-corrected chi connectivity index (χ1v) is 7.22. The molecule has 1 fully saturated rings. The molecule has 1 aliphatic heterocycles. The molecule has 1 heterocycles. The number of nitrogens with two attached hydrogens (primary N) is 1. The smallest absolute Gasteiger partial charge is 0.253 e.